The van der Waals surface area contributed by atoms with Crippen LogP contribution in [0.15, 0.2) is 12.1 Å². The zero-order valence-electron chi connectivity index (χ0n) is 12.8. The molecule has 0 aromatic heterocycles. The Labute approximate surface area is 128 Å². The van der Waals surface area contributed by atoms with Crippen LogP contribution in [0, 0.1) is 0 Å². The highest BCUT2D eigenvalue weighted by atomic mass is 32.2. The van der Waals surface area contributed by atoms with Crippen LogP contribution in [0.25, 0.3) is 0 Å². The second kappa shape index (κ2) is 7.66. The highest BCUT2D eigenvalue weighted by molar-refractivity contribution is 7.84. The van der Waals surface area contributed by atoms with Gasteiger partial charge in [0.1, 0.15) is 13.2 Å². The van der Waals surface area contributed by atoms with Crippen LogP contribution >= 0.6 is 0 Å². The SMILES string of the molecule is COc1cc(CNCCC(C)S(C)=O)cc2c1OCCO2. The Morgan fingerprint density at radius 2 is 2.14 bits per heavy atom. The fourth-order valence-corrected chi connectivity index (χ4v) is 2.58. The van der Waals surface area contributed by atoms with Gasteiger partial charge < -0.3 is 19.5 Å². The van der Waals surface area contributed by atoms with Crippen LogP contribution in [-0.4, -0.2) is 42.6 Å². The Kier molecular flexibility index (Phi) is 5.87. The molecule has 0 radical (unpaired) electrons. The van der Waals surface area contributed by atoms with E-state index in [1.165, 1.54) is 0 Å². The summed E-state index contributed by atoms with van der Waals surface area (Å²) >= 11 is 0. The molecule has 0 saturated heterocycles. The maximum Gasteiger partial charge on any atom is 0.203 e. The maximum absolute atomic E-state index is 11.3. The Hall–Kier alpha value is -1.27. The van der Waals surface area contributed by atoms with Gasteiger partial charge in [-0.3, -0.25) is 4.21 Å². The molecule has 1 heterocycles. The molecule has 2 atom stereocenters. The molecule has 0 bridgehead atoms. The normalized spacial score (nSPS) is 16.3. The summed E-state index contributed by atoms with van der Waals surface area (Å²) in [5.41, 5.74) is 1.08. The van der Waals surface area contributed by atoms with E-state index < -0.39 is 10.8 Å². The standard InChI is InChI=1S/C15H23NO4S/c1-11(21(3)17)4-5-16-10-12-8-13(18-2)15-14(9-12)19-6-7-20-15/h8-9,11,16H,4-7,10H2,1-3H3. The van der Waals surface area contributed by atoms with Crippen molar-refractivity contribution in [3.63, 3.8) is 0 Å². The van der Waals surface area contributed by atoms with Crippen molar-refractivity contribution in [2.45, 2.75) is 25.1 Å². The molecule has 0 fully saturated rings. The number of methoxy groups -OCH3 is 1. The second-order valence-electron chi connectivity index (χ2n) is 5.10. The molecular formula is C15H23NO4S. The number of benzene rings is 1. The molecular weight excluding hydrogens is 290 g/mol. The van der Waals surface area contributed by atoms with Crippen molar-refractivity contribution in [2.75, 3.05) is 33.1 Å². The summed E-state index contributed by atoms with van der Waals surface area (Å²) < 4.78 is 27.8. The predicted molar refractivity (Wildman–Crippen MR) is 83.8 cm³/mol. The summed E-state index contributed by atoms with van der Waals surface area (Å²) in [6.45, 7) is 4.67. The van der Waals surface area contributed by atoms with Crippen molar-refractivity contribution >= 4 is 10.8 Å². The van der Waals surface area contributed by atoms with Crippen molar-refractivity contribution in [3.8, 4) is 17.2 Å². The lowest BCUT2D eigenvalue weighted by molar-refractivity contribution is 0.165. The topological polar surface area (TPSA) is 56.8 Å². The van der Waals surface area contributed by atoms with Gasteiger partial charge in [-0.05, 0) is 30.7 Å². The maximum atomic E-state index is 11.3. The van der Waals surface area contributed by atoms with Crippen LogP contribution in [0.4, 0.5) is 0 Å². The van der Waals surface area contributed by atoms with E-state index in [1.807, 2.05) is 19.1 Å². The molecule has 0 saturated carbocycles. The minimum Gasteiger partial charge on any atom is -0.493 e. The molecule has 2 rings (SSSR count). The van der Waals surface area contributed by atoms with E-state index in [9.17, 15) is 4.21 Å². The van der Waals surface area contributed by atoms with Crippen molar-refractivity contribution in [1.82, 2.24) is 5.32 Å². The van der Waals surface area contributed by atoms with Gasteiger partial charge in [-0.1, -0.05) is 6.92 Å². The predicted octanol–water partition coefficient (Wildman–Crippen LogP) is 1.71. The third kappa shape index (κ3) is 4.35. The first kappa shape index (κ1) is 16.1. The van der Waals surface area contributed by atoms with Crippen molar-refractivity contribution < 1.29 is 18.4 Å². The van der Waals surface area contributed by atoms with Gasteiger partial charge in [-0.15, -0.1) is 0 Å². The van der Waals surface area contributed by atoms with E-state index in [2.05, 4.69) is 5.32 Å². The minimum atomic E-state index is -0.762. The summed E-state index contributed by atoms with van der Waals surface area (Å²) in [4.78, 5) is 0. The van der Waals surface area contributed by atoms with Gasteiger partial charge in [0.05, 0.1) is 7.11 Å². The molecule has 1 aromatic carbocycles. The summed E-state index contributed by atoms with van der Waals surface area (Å²) in [6, 6.07) is 3.94. The molecule has 21 heavy (non-hydrogen) atoms. The molecule has 5 nitrogen and oxygen atoms in total. The fourth-order valence-electron chi connectivity index (χ4n) is 2.13. The lowest BCUT2D eigenvalue weighted by Crippen LogP contribution is -2.21. The quantitative estimate of drug-likeness (QED) is 0.777. The Bertz CT molecular complexity index is 489. The Balaban J connectivity index is 1.93. The summed E-state index contributed by atoms with van der Waals surface area (Å²) in [7, 11) is 0.866. The van der Waals surface area contributed by atoms with Crippen LogP contribution in [0.5, 0.6) is 17.2 Å². The van der Waals surface area contributed by atoms with Crippen LogP contribution in [-0.2, 0) is 17.3 Å². The molecule has 1 aliphatic heterocycles. The summed E-state index contributed by atoms with van der Waals surface area (Å²) in [5.74, 6) is 2.12. The average molecular weight is 313 g/mol. The molecule has 6 heteroatoms. The van der Waals surface area contributed by atoms with Crippen LogP contribution < -0.4 is 19.5 Å². The molecule has 118 valence electrons. The number of nitrogens with one attached hydrogen (secondary N) is 1. The molecule has 1 N–H and O–H groups in total. The Morgan fingerprint density at radius 1 is 1.38 bits per heavy atom. The molecule has 2 unspecified atom stereocenters. The zero-order chi connectivity index (χ0) is 15.2. The molecule has 1 aliphatic rings. The van der Waals surface area contributed by atoms with Gasteiger partial charge in [0.2, 0.25) is 5.75 Å². The molecule has 0 amide bonds. The number of hydrogen-bond donors (Lipinski definition) is 1. The van der Waals surface area contributed by atoms with Gasteiger partial charge >= 0.3 is 0 Å². The van der Waals surface area contributed by atoms with Crippen LogP contribution in [0.2, 0.25) is 0 Å². The highest BCUT2D eigenvalue weighted by Crippen LogP contribution is 2.40. The summed E-state index contributed by atoms with van der Waals surface area (Å²) in [5, 5.41) is 3.57. The second-order valence-corrected chi connectivity index (χ2v) is 6.90. The Morgan fingerprint density at radius 3 is 2.86 bits per heavy atom. The van der Waals surface area contributed by atoms with Crippen LogP contribution in [0.3, 0.4) is 0 Å². The van der Waals surface area contributed by atoms with E-state index in [0.717, 1.165) is 30.8 Å². The van der Waals surface area contributed by atoms with Crippen molar-refractivity contribution in [1.29, 1.82) is 0 Å². The third-order valence-electron chi connectivity index (χ3n) is 3.51. The van der Waals surface area contributed by atoms with E-state index in [0.29, 0.717) is 24.7 Å². The van der Waals surface area contributed by atoms with Crippen LogP contribution in [0.1, 0.15) is 18.9 Å². The first-order valence-corrected chi connectivity index (χ1v) is 8.73. The van der Waals surface area contributed by atoms with E-state index in [4.69, 9.17) is 14.2 Å². The lowest BCUT2D eigenvalue weighted by Gasteiger charge is -2.21. The lowest BCUT2D eigenvalue weighted by atomic mass is 10.1. The zero-order valence-corrected chi connectivity index (χ0v) is 13.6. The van der Waals surface area contributed by atoms with E-state index in [1.54, 1.807) is 13.4 Å². The van der Waals surface area contributed by atoms with Gasteiger partial charge in [0.25, 0.3) is 0 Å². The van der Waals surface area contributed by atoms with Gasteiger partial charge in [-0.2, -0.15) is 0 Å². The van der Waals surface area contributed by atoms with Crippen molar-refractivity contribution in [3.05, 3.63) is 17.7 Å². The smallest absolute Gasteiger partial charge is 0.203 e. The molecule has 0 spiro atoms. The van der Waals surface area contributed by atoms with E-state index in [-0.39, 0.29) is 5.25 Å². The van der Waals surface area contributed by atoms with Gasteiger partial charge in [0.15, 0.2) is 11.5 Å². The van der Waals surface area contributed by atoms with Crippen molar-refractivity contribution in [2.24, 2.45) is 0 Å². The third-order valence-corrected chi connectivity index (χ3v) is 4.88. The average Bonchev–Trinajstić information content (AvgIpc) is 2.50. The molecule has 0 aliphatic carbocycles. The highest BCUT2D eigenvalue weighted by Gasteiger charge is 2.18. The number of rotatable bonds is 7. The van der Waals surface area contributed by atoms with Gasteiger partial charge in [-0.25, -0.2) is 0 Å². The molecule has 1 aromatic rings. The number of hydrogen-bond acceptors (Lipinski definition) is 5. The fraction of sp³-hybridized carbons (Fsp3) is 0.600. The monoisotopic (exact) mass is 313 g/mol. The summed E-state index contributed by atoms with van der Waals surface area (Å²) in [6.07, 6.45) is 2.64. The van der Waals surface area contributed by atoms with Gasteiger partial charge in [0, 0.05) is 28.9 Å². The largest absolute Gasteiger partial charge is 0.493 e. The minimum absolute atomic E-state index is 0.215. The first-order chi connectivity index (χ1) is 10.1. The number of ether oxygens (including phenoxy) is 3. The first-order valence-electron chi connectivity index (χ1n) is 7.11. The van der Waals surface area contributed by atoms with E-state index >= 15 is 0 Å². The number of fused-ring (bicyclic) bond motifs is 1.